The van der Waals surface area contributed by atoms with Gasteiger partial charge in [0.05, 0.1) is 6.42 Å². The number of hydrogen-bond donors (Lipinski definition) is 3. The van der Waals surface area contributed by atoms with Crippen LogP contribution in [0.4, 0.5) is 4.39 Å². The Morgan fingerprint density at radius 3 is 2.26 bits per heavy atom. The Morgan fingerprint density at radius 2 is 1.65 bits per heavy atom. The zero-order valence-corrected chi connectivity index (χ0v) is 16.8. The summed E-state index contributed by atoms with van der Waals surface area (Å²) in [6.07, 6.45) is -0.658. The summed E-state index contributed by atoms with van der Waals surface area (Å²) >= 11 is 0. The number of benzene rings is 2. The Kier molecular flexibility index (Phi) is 8.68. The van der Waals surface area contributed by atoms with E-state index in [1.807, 2.05) is 0 Å². The molecule has 3 N–H and O–H groups in total. The second-order valence-corrected chi connectivity index (χ2v) is 6.84. The van der Waals surface area contributed by atoms with Gasteiger partial charge in [-0.1, -0.05) is 42.5 Å². The second kappa shape index (κ2) is 11.4. The average molecular weight is 430 g/mol. The second-order valence-electron chi connectivity index (χ2n) is 6.84. The molecular weight excluding hydrogens is 407 g/mol. The number of carboxylic acid groups (broad SMARTS) is 1. The Bertz CT molecular complexity index is 935. The maximum atomic E-state index is 13.4. The first kappa shape index (κ1) is 23.5. The third-order valence-corrected chi connectivity index (χ3v) is 4.25. The molecule has 9 heteroatoms. The fraction of sp³-hybridized carbons (Fsp3) is 0.273. The summed E-state index contributed by atoms with van der Waals surface area (Å²) in [5.74, 6) is -4.09. The van der Waals surface area contributed by atoms with Crippen LogP contribution in [0.5, 0.6) is 0 Å². The third kappa shape index (κ3) is 8.25. The molecule has 2 aromatic carbocycles. The van der Waals surface area contributed by atoms with Gasteiger partial charge in [0.2, 0.25) is 11.8 Å². The van der Waals surface area contributed by atoms with Gasteiger partial charge in [0.15, 0.2) is 0 Å². The molecule has 0 radical (unpaired) electrons. The van der Waals surface area contributed by atoms with Crippen LogP contribution in [-0.2, 0) is 36.9 Å². The molecule has 31 heavy (non-hydrogen) atoms. The molecule has 2 amide bonds. The van der Waals surface area contributed by atoms with E-state index in [1.165, 1.54) is 25.1 Å². The minimum atomic E-state index is -1.56. The Balaban J connectivity index is 2.00. The van der Waals surface area contributed by atoms with E-state index in [2.05, 4.69) is 10.6 Å². The lowest BCUT2D eigenvalue weighted by atomic mass is 10.0. The molecular formula is C22H23FN2O6. The number of aliphatic carboxylic acids is 1. The van der Waals surface area contributed by atoms with Crippen LogP contribution in [0.2, 0.25) is 0 Å². The molecule has 2 atom stereocenters. The van der Waals surface area contributed by atoms with Crippen LogP contribution < -0.4 is 10.6 Å². The van der Waals surface area contributed by atoms with Crippen LogP contribution in [0.3, 0.4) is 0 Å². The predicted molar refractivity (Wildman–Crippen MR) is 108 cm³/mol. The third-order valence-electron chi connectivity index (χ3n) is 4.25. The fourth-order valence-corrected chi connectivity index (χ4v) is 2.79. The van der Waals surface area contributed by atoms with Gasteiger partial charge in [0.1, 0.15) is 24.5 Å². The van der Waals surface area contributed by atoms with Crippen molar-refractivity contribution >= 4 is 23.8 Å². The number of nitrogens with one attached hydrogen (secondary N) is 2. The van der Waals surface area contributed by atoms with Crippen molar-refractivity contribution in [3.63, 3.8) is 0 Å². The largest absolute Gasteiger partial charge is 0.480 e. The molecule has 0 aromatic heterocycles. The van der Waals surface area contributed by atoms with Crippen molar-refractivity contribution in [3.05, 3.63) is 71.5 Å². The van der Waals surface area contributed by atoms with Crippen LogP contribution in [-0.4, -0.2) is 40.9 Å². The molecule has 0 aliphatic carbocycles. The summed E-state index contributed by atoms with van der Waals surface area (Å²) in [6, 6.07) is 11.6. The van der Waals surface area contributed by atoms with Crippen LogP contribution >= 0.6 is 0 Å². The van der Waals surface area contributed by atoms with Gasteiger partial charge in [-0.2, -0.15) is 0 Å². The minimum Gasteiger partial charge on any atom is -0.480 e. The SMILES string of the molecule is CC(=O)N[C@H](Cc1cccc(F)c1)C(=O)N[C@@H](CC(=O)OCc1ccccc1)C(=O)O. The summed E-state index contributed by atoms with van der Waals surface area (Å²) in [4.78, 5) is 47.7. The highest BCUT2D eigenvalue weighted by Crippen LogP contribution is 2.08. The van der Waals surface area contributed by atoms with E-state index < -0.39 is 48.1 Å². The molecule has 0 aliphatic rings. The van der Waals surface area contributed by atoms with Gasteiger partial charge in [-0.15, -0.1) is 0 Å². The van der Waals surface area contributed by atoms with Crippen LogP contribution in [0.15, 0.2) is 54.6 Å². The van der Waals surface area contributed by atoms with Gasteiger partial charge in [-0.3, -0.25) is 14.4 Å². The molecule has 164 valence electrons. The van der Waals surface area contributed by atoms with Crippen molar-refractivity contribution < 1.29 is 33.4 Å². The lowest BCUT2D eigenvalue weighted by molar-refractivity contribution is -0.151. The van der Waals surface area contributed by atoms with E-state index >= 15 is 0 Å². The molecule has 2 aromatic rings. The van der Waals surface area contributed by atoms with Gasteiger partial charge in [0, 0.05) is 13.3 Å². The molecule has 8 nitrogen and oxygen atoms in total. The number of esters is 1. The average Bonchev–Trinajstić information content (AvgIpc) is 2.71. The standard InChI is InChI=1S/C22H23FN2O6/c1-14(26)24-18(11-16-8-5-9-17(23)10-16)21(28)25-19(22(29)30)12-20(27)31-13-15-6-3-2-4-7-15/h2-10,18-19H,11-13H2,1H3,(H,24,26)(H,25,28)(H,29,30)/t18-,19+/m1/s1. The molecule has 0 aliphatic heterocycles. The van der Waals surface area contributed by atoms with E-state index in [-0.39, 0.29) is 13.0 Å². The highest BCUT2D eigenvalue weighted by atomic mass is 19.1. The Morgan fingerprint density at radius 1 is 0.968 bits per heavy atom. The quantitative estimate of drug-likeness (QED) is 0.492. The van der Waals surface area contributed by atoms with Gasteiger partial charge >= 0.3 is 11.9 Å². The molecule has 0 heterocycles. The maximum Gasteiger partial charge on any atom is 0.326 e. The van der Waals surface area contributed by atoms with E-state index in [0.717, 1.165) is 5.56 Å². The first-order chi connectivity index (χ1) is 14.7. The number of carboxylic acids is 1. The fourth-order valence-electron chi connectivity index (χ4n) is 2.79. The van der Waals surface area contributed by atoms with E-state index in [4.69, 9.17) is 4.74 Å². The number of halogens is 1. The first-order valence-electron chi connectivity index (χ1n) is 9.49. The molecule has 0 saturated heterocycles. The van der Waals surface area contributed by atoms with Crippen LogP contribution in [0.1, 0.15) is 24.5 Å². The van der Waals surface area contributed by atoms with Crippen molar-refractivity contribution in [2.24, 2.45) is 0 Å². The predicted octanol–water partition coefficient (Wildman–Crippen LogP) is 1.58. The van der Waals surface area contributed by atoms with Crippen LogP contribution in [0.25, 0.3) is 0 Å². The molecule has 2 rings (SSSR count). The van der Waals surface area contributed by atoms with Gasteiger partial charge in [0.25, 0.3) is 0 Å². The monoisotopic (exact) mass is 430 g/mol. The zero-order chi connectivity index (χ0) is 22.8. The maximum absolute atomic E-state index is 13.4. The number of ether oxygens (including phenoxy) is 1. The smallest absolute Gasteiger partial charge is 0.326 e. The molecule has 0 saturated carbocycles. The topological polar surface area (TPSA) is 122 Å². The van der Waals surface area contributed by atoms with Gasteiger partial charge in [-0.25, -0.2) is 9.18 Å². The lowest BCUT2D eigenvalue weighted by Gasteiger charge is -2.21. The summed E-state index contributed by atoms with van der Waals surface area (Å²) in [6.45, 7) is 1.16. The van der Waals surface area contributed by atoms with E-state index in [9.17, 15) is 28.7 Å². The highest BCUT2D eigenvalue weighted by Gasteiger charge is 2.28. The molecule has 0 bridgehead atoms. The molecule has 0 fully saturated rings. The van der Waals surface area contributed by atoms with Crippen LogP contribution in [0, 0.1) is 5.82 Å². The van der Waals surface area contributed by atoms with Crippen molar-refractivity contribution in [2.45, 2.75) is 38.5 Å². The van der Waals surface area contributed by atoms with Crippen molar-refractivity contribution in [1.29, 1.82) is 0 Å². The van der Waals surface area contributed by atoms with Crippen molar-refractivity contribution in [3.8, 4) is 0 Å². The summed E-state index contributed by atoms with van der Waals surface area (Å²) in [5, 5.41) is 14.0. The van der Waals surface area contributed by atoms with E-state index in [0.29, 0.717) is 5.56 Å². The lowest BCUT2D eigenvalue weighted by Crippen LogP contribution is -2.52. The number of amides is 2. The summed E-state index contributed by atoms with van der Waals surface area (Å²) in [5.41, 5.74) is 1.16. The van der Waals surface area contributed by atoms with Crippen molar-refractivity contribution in [1.82, 2.24) is 10.6 Å². The number of carbonyl (C=O) groups excluding carboxylic acids is 3. The summed E-state index contributed by atoms with van der Waals surface area (Å²) < 4.78 is 18.5. The Hall–Kier alpha value is -3.75. The Labute approximate surface area is 178 Å². The normalized spacial score (nSPS) is 12.3. The minimum absolute atomic E-state index is 0.0337. The first-order valence-corrected chi connectivity index (χ1v) is 9.49. The van der Waals surface area contributed by atoms with E-state index in [1.54, 1.807) is 36.4 Å². The highest BCUT2D eigenvalue weighted by molar-refractivity contribution is 5.91. The summed E-state index contributed by atoms with van der Waals surface area (Å²) in [7, 11) is 0. The number of hydrogen-bond acceptors (Lipinski definition) is 5. The molecule has 0 unspecified atom stereocenters. The zero-order valence-electron chi connectivity index (χ0n) is 16.8. The number of rotatable bonds is 10. The van der Waals surface area contributed by atoms with Crippen molar-refractivity contribution in [2.75, 3.05) is 0 Å². The molecule has 0 spiro atoms. The van der Waals surface area contributed by atoms with Gasteiger partial charge in [-0.05, 0) is 23.3 Å². The number of carbonyl (C=O) groups is 4. The van der Waals surface area contributed by atoms with Gasteiger partial charge < -0.3 is 20.5 Å².